The summed E-state index contributed by atoms with van der Waals surface area (Å²) in [6.45, 7) is 12.5. The van der Waals surface area contributed by atoms with E-state index in [-0.39, 0.29) is 35.6 Å². The van der Waals surface area contributed by atoms with Crippen molar-refractivity contribution in [2.75, 3.05) is 56.4 Å². The van der Waals surface area contributed by atoms with Crippen molar-refractivity contribution in [3.63, 3.8) is 0 Å². The number of amides is 3. The third kappa shape index (κ3) is 6.95. The predicted octanol–water partition coefficient (Wildman–Crippen LogP) is 2.88. The van der Waals surface area contributed by atoms with Crippen LogP contribution >= 0.6 is 0 Å². The molecule has 1 aliphatic carbocycles. The Morgan fingerprint density at radius 3 is 2.62 bits per heavy atom. The molecule has 4 rings (SSSR count). The molecule has 2 atom stereocenters. The van der Waals surface area contributed by atoms with Crippen molar-refractivity contribution in [2.24, 2.45) is 11.8 Å². The maximum absolute atomic E-state index is 14.0. The summed E-state index contributed by atoms with van der Waals surface area (Å²) in [5.74, 6) is -0.180. The molecule has 2 aliphatic heterocycles. The highest BCUT2D eigenvalue weighted by Gasteiger charge is 2.43. The number of nitrogens with one attached hydrogen (secondary N) is 2. The molecule has 1 aromatic rings. The number of benzene rings is 1. The van der Waals surface area contributed by atoms with Crippen LogP contribution in [0.4, 0.5) is 11.4 Å². The molecule has 2 fully saturated rings. The van der Waals surface area contributed by atoms with Gasteiger partial charge in [-0.3, -0.25) is 14.4 Å². The van der Waals surface area contributed by atoms with Gasteiger partial charge in [0.05, 0.1) is 29.7 Å². The number of carbonyl (C=O) groups excluding carboxylic acids is 3. The maximum Gasteiger partial charge on any atom is 0.270 e. The van der Waals surface area contributed by atoms with Crippen LogP contribution in [0.3, 0.4) is 0 Å². The van der Waals surface area contributed by atoms with Gasteiger partial charge in [-0.1, -0.05) is 0 Å². The van der Waals surface area contributed by atoms with E-state index in [2.05, 4.69) is 10.6 Å². The Morgan fingerprint density at radius 2 is 1.95 bits per heavy atom. The van der Waals surface area contributed by atoms with Crippen molar-refractivity contribution in [2.45, 2.75) is 77.5 Å². The van der Waals surface area contributed by atoms with Gasteiger partial charge in [-0.25, -0.2) is 0 Å². The highest BCUT2D eigenvalue weighted by atomic mass is 16.5. The second-order valence-corrected chi connectivity index (χ2v) is 12.3. The van der Waals surface area contributed by atoms with E-state index in [0.717, 1.165) is 18.5 Å². The van der Waals surface area contributed by atoms with Gasteiger partial charge in [0, 0.05) is 51.7 Å². The van der Waals surface area contributed by atoms with E-state index in [1.807, 2.05) is 43.9 Å². The van der Waals surface area contributed by atoms with Crippen LogP contribution in [0, 0.1) is 11.8 Å². The minimum absolute atomic E-state index is 0.00958. The van der Waals surface area contributed by atoms with E-state index in [9.17, 15) is 14.4 Å². The van der Waals surface area contributed by atoms with Crippen LogP contribution in [-0.2, 0) is 23.9 Å². The lowest BCUT2D eigenvalue weighted by molar-refractivity contribution is -0.132. The molecule has 1 saturated heterocycles. The van der Waals surface area contributed by atoms with Gasteiger partial charge in [-0.15, -0.1) is 0 Å². The Bertz CT molecular complexity index is 1090. The third-order valence-corrected chi connectivity index (χ3v) is 7.72. The van der Waals surface area contributed by atoms with Crippen molar-refractivity contribution in [3.05, 3.63) is 18.2 Å². The zero-order valence-electron chi connectivity index (χ0n) is 24.9. The highest BCUT2D eigenvalue weighted by molar-refractivity contribution is 6.04. The lowest BCUT2D eigenvalue weighted by Crippen LogP contribution is -2.54. The number of fused-ring (bicyclic) bond motifs is 1. The highest BCUT2D eigenvalue weighted by Crippen LogP contribution is 2.43. The third-order valence-electron chi connectivity index (χ3n) is 7.72. The topological polar surface area (TPSA) is 109 Å². The first-order valence-electron chi connectivity index (χ1n) is 14.5. The molecular formula is C30H46N4O6. The molecule has 3 aliphatic rings. The van der Waals surface area contributed by atoms with Crippen molar-refractivity contribution in [3.8, 4) is 5.75 Å². The van der Waals surface area contributed by atoms with Crippen molar-refractivity contribution in [1.29, 1.82) is 0 Å². The first-order valence-corrected chi connectivity index (χ1v) is 14.5. The minimum atomic E-state index is -0.978. The molecule has 0 aromatic heterocycles. The Balaban J connectivity index is 1.53. The number of ether oxygens (including phenoxy) is 3. The van der Waals surface area contributed by atoms with E-state index < -0.39 is 11.1 Å². The predicted molar refractivity (Wildman–Crippen MR) is 154 cm³/mol. The van der Waals surface area contributed by atoms with Crippen LogP contribution in [0.2, 0.25) is 0 Å². The molecule has 10 nitrogen and oxygen atoms in total. The summed E-state index contributed by atoms with van der Waals surface area (Å²) in [5, 5.41) is 6.42. The fraction of sp³-hybridized carbons (Fsp3) is 0.700. The lowest BCUT2D eigenvalue weighted by Gasteiger charge is -2.40. The maximum atomic E-state index is 14.0. The SMILES string of the molecule is CCOCC(C)(C)NC(=O)[C@@H]1CNC[C@H](C(=O)N(c2ccc3c(c2)N(CCCOC)C(=O)C(C)(C)O3)C2CC2)C1. The molecule has 0 spiro atoms. The average molecular weight is 559 g/mol. The van der Waals surface area contributed by atoms with E-state index in [4.69, 9.17) is 14.2 Å². The average Bonchev–Trinajstić information content (AvgIpc) is 3.75. The van der Waals surface area contributed by atoms with Crippen molar-refractivity contribution >= 4 is 29.1 Å². The van der Waals surface area contributed by atoms with Crippen molar-refractivity contribution < 1.29 is 28.6 Å². The number of nitrogens with zero attached hydrogens (tertiary/aromatic N) is 2. The van der Waals surface area contributed by atoms with E-state index in [1.165, 1.54) is 0 Å². The van der Waals surface area contributed by atoms with Crippen LogP contribution < -0.4 is 25.2 Å². The second-order valence-electron chi connectivity index (χ2n) is 12.3. The number of anilines is 2. The Morgan fingerprint density at radius 1 is 1.23 bits per heavy atom. The van der Waals surface area contributed by atoms with E-state index in [0.29, 0.717) is 63.7 Å². The second kappa shape index (κ2) is 12.4. The van der Waals surface area contributed by atoms with Crippen LogP contribution in [0.1, 0.15) is 60.3 Å². The number of piperidine rings is 1. The number of rotatable bonds is 12. The Labute approximate surface area is 238 Å². The van der Waals surface area contributed by atoms with Gasteiger partial charge >= 0.3 is 0 Å². The van der Waals surface area contributed by atoms with Gasteiger partial charge in [-0.05, 0) is 78.5 Å². The van der Waals surface area contributed by atoms with E-state index >= 15 is 0 Å². The summed E-state index contributed by atoms with van der Waals surface area (Å²) < 4.78 is 16.8. The molecular weight excluding hydrogens is 512 g/mol. The molecule has 1 aromatic carbocycles. The smallest absolute Gasteiger partial charge is 0.270 e. The molecule has 3 amide bonds. The zero-order chi connectivity index (χ0) is 29.1. The van der Waals surface area contributed by atoms with Gasteiger partial charge in [0.15, 0.2) is 5.60 Å². The van der Waals surface area contributed by atoms with Crippen LogP contribution in [0.5, 0.6) is 5.75 Å². The summed E-state index contributed by atoms with van der Waals surface area (Å²) >= 11 is 0. The normalized spacial score (nSPS) is 22.4. The van der Waals surface area contributed by atoms with Crippen LogP contribution in [0.25, 0.3) is 0 Å². The fourth-order valence-electron chi connectivity index (χ4n) is 5.50. The number of carbonyl (C=O) groups is 3. The van der Waals surface area contributed by atoms with Gasteiger partial charge in [0.2, 0.25) is 11.8 Å². The lowest BCUT2D eigenvalue weighted by atomic mass is 9.88. The molecule has 40 heavy (non-hydrogen) atoms. The molecule has 0 unspecified atom stereocenters. The number of hydrogen-bond acceptors (Lipinski definition) is 7. The zero-order valence-corrected chi connectivity index (χ0v) is 24.9. The molecule has 1 saturated carbocycles. The molecule has 0 bridgehead atoms. The first kappa shape index (κ1) is 30.3. The summed E-state index contributed by atoms with van der Waals surface area (Å²) in [6, 6.07) is 5.79. The summed E-state index contributed by atoms with van der Waals surface area (Å²) in [7, 11) is 1.65. The van der Waals surface area contributed by atoms with E-state index in [1.54, 1.807) is 25.9 Å². The van der Waals surface area contributed by atoms with Crippen molar-refractivity contribution in [1.82, 2.24) is 10.6 Å². The molecule has 222 valence electrons. The Hall–Kier alpha value is -2.69. The Kier molecular flexibility index (Phi) is 9.42. The standard InChI is InChI=1S/C30H46N4O6/c1-7-39-19-29(2,3)32-26(35)20-15-21(18-31-17-20)27(36)34(22-9-10-22)23-11-12-25-24(16-23)33(13-8-14-38-6)28(37)30(4,5)40-25/h11-12,16,20-22,31H,7-10,13-15,17-19H2,1-6H3,(H,32,35)/t20-,21+/m0/s1. The summed E-state index contributed by atoms with van der Waals surface area (Å²) in [4.78, 5) is 44.1. The first-order chi connectivity index (χ1) is 19.0. The molecule has 0 radical (unpaired) electrons. The molecule has 10 heteroatoms. The van der Waals surface area contributed by atoms with Gasteiger partial charge in [0.1, 0.15) is 5.75 Å². The quantitative estimate of drug-likeness (QED) is 0.380. The molecule has 2 N–H and O–H groups in total. The van der Waals surface area contributed by atoms with Gasteiger partial charge in [-0.2, -0.15) is 0 Å². The summed E-state index contributed by atoms with van der Waals surface area (Å²) in [5.41, 5.74) is -0.0413. The van der Waals surface area contributed by atoms with Crippen LogP contribution in [-0.4, -0.2) is 81.5 Å². The fourth-order valence-corrected chi connectivity index (χ4v) is 5.50. The van der Waals surface area contributed by atoms with Gasteiger partial charge in [0.25, 0.3) is 5.91 Å². The monoisotopic (exact) mass is 558 g/mol. The number of methoxy groups -OCH3 is 1. The summed E-state index contributed by atoms with van der Waals surface area (Å²) in [6.07, 6.45) is 3.03. The van der Waals surface area contributed by atoms with Gasteiger partial charge < -0.3 is 34.6 Å². The minimum Gasteiger partial charge on any atom is -0.476 e. The largest absolute Gasteiger partial charge is 0.476 e. The number of hydrogen-bond donors (Lipinski definition) is 2. The van der Waals surface area contributed by atoms with Crippen LogP contribution in [0.15, 0.2) is 18.2 Å². The molecule has 2 heterocycles.